The minimum absolute atomic E-state index is 0.108. The third kappa shape index (κ3) is 6.86. The number of piperazine rings is 1. The third-order valence-corrected chi connectivity index (χ3v) is 5.30. The Morgan fingerprint density at radius 2 is 1.82 bits per heavy atom. The fourth-order valence-corrected chi connectivity index (χ4v) is 3.55. The van der Waals surface area contributed by atoms with Crippen molar-refractivity contribution in [3.8, 4) is 5.75 Å². The minimum Gasteiger partial charge on any atom is -0.494 e. The first-order valence-electron chi connectivity index (χ1n) is 10.5. The van der Waals surface area contributed by atoms with Crippen LogP contribution < -0.4 is 9.64 Å². The van der Waals surface area contributed by atoms with E-state index in [1.165, 1.54) is 11.0 Å². The van der Waals surface area contributed by atoms with Gasteiger partial charge in [-0.1, -0.05) is 23.7 Å². The van der Waals surface area contributed by atoms with E-state index < -0.39 is 24.3 Å². The molecule has 1 aliphatic heterocycles. The van der Waals surface area contributed by atoms with Crippen LogP contribution in [0.4, 0.5) is 19.0 Å². The van der Waals surface area contributed by atoms with E-state index in [0.29, 0.717) is 19.7 Å². The van der Waals surface area contributed by atoms with Gasteiger partial charge in [-0.05, 0) is 36.8 Å². The first kappa shape index (κ1) is 25.4. The molecule has 0 atom stereocenters. The maximum absolute atomic E-state index is 12.8. The highest BCUT2D eigenvalue weighted by atomic mass is 35.5. The zero-order chi connectivity index (χ0) is 24.7. The number of amides is 1. The molecule has 0 aliphatic carbocycles. The molecule has 0 unspecified atom stereocenters. The van der Waals surface area contributed by atoms with E-state index in [2.05, 4.69) is 4.98 Å². The second-order valence-electron chi connectivity index (χ2n) is 7.34. The van der Waals surface area contributed by atoms with Crippen LogP contribution in [0.5, 0.6) is 5.75 Å². The van der Waals surface area contributed by atoms with Crippen LogP contribution in [0.3, 0.4) is 0 Å². The average Bonchev–Trinajstić information content (AvgIpc) is 2.82. The summed E-state index contributed by atoms with van der Waals surface area (Å²) in [6.07, 6.45) is -0.985. The lowest BCUT2D eigenvalue weighted by atomic mass is 10.2. The number of carbonyl (C=O) groups is 2. The van der Waals surface area contributed by atoms with Gasteiger partial charge in [0.05, 0.1) is 17.2 Å². The zero-order valence-electron chi connectivity index (χ0n) is 18.3. The Morgan fingerprint density at radius 1 is 1.15 bits per heavy atom. The first-order chi connectivity index (χ1) is 16.2. The summed E-state index contributed by atoms with van der Waals surface area (Å²) in [4.78, 5) is 31.4. The van der Waals surface area contributed by atoms with Crippen molar-refractivity contribution in [3.05, 3.63) is 58.8 Å². The van der Waals surface area contributed by atoms with Gasteiger partial charge >= 0.3 is 12.1 Å². The van der Waals surface area contributed by atoms with Gasteiger partial charge in [0.2, 0.25) is 0 Å². The number of carbonyl (C=O) groups excluding carboxylic acids is 2. The Labute approximate surface area is 199 Å². The van der Waals surface area contributed by atoms with Gasteiger partial charge in [-0.25, -0.2) is 9.78 Å². The molecule has 1 aromatic carbocycles. The summed E-state index contributed by atoms with van der Waals surface area (Å²) >= 11 is 5.99. The second kappa shape index (κ2) is 11.2. The number of aromatic nitrogens is 1. The predicted octanol–water partition coefficient (Wildman–Crippen LogP) is 4.06. The van der Waals surface area contributed by atoms with Gasteiger partial charge in [0.25, 0.3) is 5.91 Å². The number of hydrogen-bond donors (Lipinski definition) is 0. The van der Waals surface area contributed by atoms with E-state index >= 15 is 0 Å². The molecule has 0 spiro atoms. The van der Waals surface area contributed by atoms with Crippen molar-refractivity contribution in [2.45, 2.75) is 13.1 Å². The molecule has 2 heterocycles. The summed E-state index contributed by atoms with van der Waals surface area (Å²) < 4.78 is 48.7. The fraction of sp³-hybridized carbons (Fsp3) is 0.348. The van der Waals surface area contributed by atoms with Crippen molar-refractivity contribution in [2.24, 2.45) is 0 Å². The molecular weight excluding hydrogens is 475 g/mol. The zero-order valence-corrected chi connectivity index (χ0v) is 19.1. The van der Waals surface area contributed by atoms with Gasteiger partial charge in [-0.2, -0.15) is 13.2 Å². The molecule has 0 saturated carbocycles. The monoisotopic (exact) mass is 497 g/mol. The molecular formula is C23H23ClF3N3O4. The van der Waals surface area contributed by atoms with Crippen molar-refractivity contribution < 1.29 is 32.2 Å². The summed E-state index contributed by atoms with van der Waals surface area (Å²) in [6, 6.07) is 7.98. The van der Waals surface area contributed by atoms with Crippen LogP contribution in [-0.2, 0) is 20.5 Å². The van der Waals surface area contributed by atoms with Crippen LogP contribution in [0.2, 0.25) is 5.02 Å². The number of rotatable bonds is 7. The van der Waals surface area contributed by atoms with Crippen LogP contribution in [0.15, 0.2) is 42.6 Å². The largest absolute Gasteiger partial charge is 0.494 e. The lowest BCUT2D eigenvalue weighted by Crippen LogP contribution is -2.50. The molecule has 3 rings (SSSR count). The molecule has 0 radical (unpaired) electrons. The second-order valence-corrected chi connectivity index (χ2v) is 7.75. The molecule has 0 bridgehead atoms. The standard InChI is InChI=1S/C23H23ClF3N3O4/c1-2-33-18-6-3-16(4-7-18)5-8-21(32)34-15-20(31)29-9-11-30(12-10-29)22-19(24)13-17(14-28-22)23(25,26)27/h3-8,13-14H,2,9-12,15H2,1H3/b8-5+. The summed E-state index contributed by atoms with van der Waals surface area (Å²) in [5, 5.41) is -0.108. The summed E-state index contributed by atoms with van der Waals surface area (Å²) in [5.41, 5.74) is -0.146. The van der Waals surface area contributed by atoms with Crippen LogP contribution in [0, 0.1) is 0 Å². The number of nitrogens with zero attached hydrogens (tertiary/aromatic N) is 3. The quantitative estimate of drug-likeness (QED) is 0.424. The van der Waals surface area contributed by atoms with Gasteiger partial charge < -0.3 is 19.3 Å². The topological polar surface area (TPSA) is 72.0 Å². The summed E-state index contributed by atoms with van der Waals surface area (Å²) in [7, 11) is 0. The van der Waals surface area contributed by atoms with Crippen molar-refractivity contribution in [1.82, 2.24) is 9.88 Å². The highest BCUT2D eigenvalue weighted by molar-refractivity contribution is 6.33. The van der Waals surface area contributed by atoms with Gasteiger partial charge in [0.1, 0.15) is 11.6 Å². The smallest absolute Gasteiger partial charge is 0.417 e. The van der Waals surface area contributed by atoms with Gasteiger partial charge in [-0.3, -0.25) is 4.79 Å². The summed E-state index contributed by atoms with van der Waals surface area (Å²) in [5.74, 6) is -0.0625. The maximum Gasteiger partial charge on any atom is 0.417 e. The van der Waals surface area contributed by atoms with E-state index in [-0.39, 0.29) is 29.8 Å². The molecule has 2 aromatic rings. The number of anilines is 1. The Balaban J connectivity index is 1.45. The highest BCUT2D eigenvalue weighted by Crippen LogP contribution is 2.33. The number of pyridine rings is 1. The number of esters is 1. The first-order valence-corrected chi connectivity index (χ1v) is 10.9. The van der Waals surface area contributed by atoms with Crippen molar-refractivity contribution >= 4 is 35.4 Å². The Bertz CT molecular complexity index is 1040. The molecule has 1 fully saturated rings. The fourth-order valence-electron chi connectivity index (χ4n) is 3.26. The molecule has 11 heteroatoms. The van der Waals surface area contributed by atoms with E-state index in [1.807, 2.05) is 6.92 Å². The molecule has 0 N–H and O–H groups in total. The van der Waals surface area contributed by atoms with Crippen molar-refractivity contribution in [3.63, 3.8) is 0 Å². The Morgan fingerprint density at radius 3 is 2.41 bits per heavy atom. The number of alkyl halides is 3. The molecule has 1 amide bonds. The molecule has 1 saturated heterocycles. The number of hydrogen-bond acceptors (Lipinski definition) is 6. The number of benzene rings is 1. The van der Waals surface area contributed by atoms with Gasteiger partial charge in [-0.15, -0.1) is 0 Å². The Kier molecular flexibility index (Phi) is 8.38. The molecule has 1 aliphatic rings. The predicted molar refractivity (Wildman–Crippen MR) is 121 cm³/mol. The summed E-state index contributed by atoms with van der Waals surface area (Å²) in [6.45, 7) is 3.27. The molecule has 182 valence electrons. The molecule has 1 aromatic heterocycles. The van der Waals surface area contributed by atoms with E-state index in [9.17, 15) is 22.8 Å². The maximum atomic E-state index is 12.8. The van der Waals surface area contributed by atoms with Gasteiger partial charge in [0, 0.05) is 38.5 Å². The van der Waals surface area contributed by atoms with Gasteiger partial charge in [0.15, 0.2) is 6.61 Å². The van der Waals surface area contributed by atoms with E-state index in [4.69, 9.17) is 21.1 Å². The highest BCUT2D eigenvalue weighted by Gasteiger charge is 2.32. The van der Waals surface area contributed by atoms with Crippen LogP contribution >= 0.6 is 11.6 Å². The third-order valence-electron chi connectivity index (χ3n) is 5.02. The van der Waals surface area contributed by atoms with Crippen LogP contribution in [0.25, 0.3) is 6.08 Å². The normalized spacial score (nSPS) is 14.4. The SMILES string of the molecule is CCOc1ccc(/C=C/C(=O)OCC(=O)N2CCN(c3ncc(C(F)(F)F)cc3Cl)CC2)cc1. The van der Waals surface area contributed by atoms with E-state index in [1.54, 1.807) is 35.2 Å². The van der Waals surface area contributed by atoms with Crippen LogP contribution in [-0.4, -0.2) is 61.2 Å². The van der Waals surface area contributed by atoms with Crippen molar-refractivity contribution in [1.29, 1.82) is 0 Å². The lowest BCUT2D eigenvalue weighted by Gasteiger charge is -2.35. The van der Waals surface area contributed by atoms with E-state index in [0.717, 1.165) is 23.6 Å². The van der Waals surface area contributed by atoms with Crippen molar-refractivity contribution in [2.75, 3.05) is 44.3 Å². The lowest BCUT2D eigenvalue weighted by molar-refractivity contribution is -0.148. The van der Waals surface area contributed by atoms with Crippen LogP contribution in [0.1, 0.15) is 18.1 Å². The molecule has 7 nitrogen and oxygen atoms in total. The number of ether oxygens (including phenoxy) is 2. The minimum atomic E-state index is -4.53. The number of halogens is 4. The molecule has 34 heavy (non-hydrogen) atoms. The average molecular weight is 498 g/mol. The Hall–Kier alpha value is -3.27.